The lowest BCUT2D eigenvalue weighted by atomic mass is 9.86. The van der Waals surface area contributed by atoms with Gasteiger partial charge in [-0.1, -0.05) is 231 Å². The van der Waals surface area contributed by atoms with E-state index in [1.165, 1.54) is 88.0 Å². The fourth-order valence-electron chi connectivity index (χ4n) is 12.2. The highest BCUT2D eigenvalue weighted by atomic mass is 16.3. The fraction of sp³-hybridized carbons (Fsp3) is 0. The molecule has 13 aromatic carbocycles. The van der Waals surface area contributed by atoms with Crippen LogP contribution in [0.3, 0.4) is 0 Å². The molecule has 0 radical (unpaired) electrons. The summed E-state index contributed by atoms with van der Waals surface area (Å²) in [6.45, 7) is 0. The van der Waals surface area contributed by atoms with Crippen LogP contribution in [0.25, 0.3) is 149 Å². The van der Waals surface area contributed by atoms with Crippen molar-refractivity contribution in [1.82, 2.24) is 4.57 Å². The van der Waals surface area contributed by atoms with Crippen LogP contribution in [0.2, 0.25) is 0 Å². The van der Waals surface area contributed by atoms with Gasteiger partial charge >= 0.3 is 0 Å². The summed E-state index contributed by atoms with van der Waals surface area (Å²) in [5.74, 6) is 0. The Morgan fingerprint density at radius 3 is 1.20 bits per heavy atom. The molecule has 0 spiro atoms. The topological polar surface area (TPSA) is 18.1 Å². The van der Waals surface area contributed by atoms with Gasteiger partial charge in [-0.3, -0.25) is 0 Å². The Bertz CT molecular complexity index is 4660. The first-order valence-corrected chi connectivity index (χ1v) is 26.2. The molecule has 2 aromatic heterocycles. The third kappa shape index (κ3) is 7.11. The van der Waals surface area contributed by atoms with Gasteiger partial charge in [0.1, 0.15) is 11.2 Å². The summed E-state index contributed by atoms with van der Waals surface area (Å²) >= 11 is 0. The number of fused-ring (bicyclic) bond motifs is 8. The van der Waals surface area contributed by atoms with Crippen molar-refractivity contribution in [1.29, 1.82) is 0 Å². The first-order chi connectivity index (χ1) is 37.7. The second-order valence-electron chi connectivity index (χ2n) is 19.9. The monoisotopic (exact) mass is 965 g/mol. The van der Waals surface area contributed by atoms with E-state index >= 15 is 0 Å². The van der Waals surface area contributed by atoms with Crippen LogP contribution in [-0.4, -0.2) is 4.57 Å². The summed E-state index contributed by atoms with van der Waals surface area (Å²) in [5, 5.41) is 9.56. The van der Waals surface area contributed by atoms with Crippen molar-refractivity contribution in [3.8, 4) is 83.6 Å². The SMILES string of the molecule is c1ccc(-c2ccccc2-c2ccc3oc4c(-c5ccc6c(c5)c5ccccc5n6-c5ccc(-c6c7ccccc7c(-c7ccccc7)c7ccccc67)cc5)cc(-c5ccccc5-c5ccccc5)cc4c3c2)cc1. The van der Waals surface area contributed by atoms with Gasteiger partial charge in [0, 0.05) is 32.8 Å². The van der Waals surface area contributed by atoms with Gasteiger partial charge in [0.05, 0.1) is 11.0 Å². The summed E-state index contributed by atoms with van der Waals surface area (Å²) in [7, 11) is 0. The minimum absolute atomic E-state index is 0.861. The van der Waals surface area contributed by atoms with Crippen molar-refractivity contribution in [2.45, 2.75) is 0 Å². The summed E-state index contributed by atoms with van der Waals surface area (Å²) in [5.41, 5.74) is 21.7. The third-order valence-electron chi connectivity index (χ3n) is 15.6. The van der Waals surface area contributed by atoms with E-state index in [-0.39, 0.29) is 0 Å². The van der Waals surface area contributed by atoms with Crippen LogP contribution in [0.15, 0.2) is 290 Å². The Morgan fingerprint density at radius 2 is 0.618 bits per heavy atom. The smallest absolute Gasteiger partial charge is 0.143 e. The molecular formula is C74H47NO. The molecule has 0 N–H and O–H groups in total. The second kappa shape index (κ2) is 17.9. The van der Waals surface area contributed by atoms with E-state index in [1.54, 1.807) is 0 Å². The van der Waals surface area contributed by atoms with Gasteiger partial charge < -0.3 is 8.98 Å². The molecule has 15 aromatic rings. The number of rotatable bonds is 8. The molecule has 0 fully saturated rings. The lowest BCUT2D eigenvalue weighted by Gasteiger charge is -2.18. The van der Waals surface area contributed by atoms with Crippen LogP contribution >= 0.6 is 0 Å². The predicted octanol–water partition coefficient (Wildman–Crippen LogP) is 20.7. The average molecular weight is 966 g/mol. The van der Waals surface area contributed by atoms with Crippen LogP contribution in [0.4, 0.5) is 0 Å². The number of hydrogen-bond donors (Lipinski definition) is 0. The van der Waals surface area contributed by atoms with Gasteiger partial charge in [0.25, 0.3) is 0 Å². The lowest BCUT2D eigenvalue weighted by Crippen LogP contribution is -1.95. The lowest BCUT2D eigenvalue weighted by molar-refractivity contribution is 0.670. The van der Waals surface area contributed by atoms with Gasteiger partial charge in [-0.05, 0) is 148 Å². The summed E-state index contributed by atoms with van der Waals surface area (Å²) < 4.78 is 9.47. The maximum absolute atomic E-state index is 7.05. The Kier molecular flexibility index (Phi) is 10.2. The molecule has 0 unspecified atom stereocenters. The minimum Gasteiger partial charge on any atom is -0.455 e. The second-order valence-corrected chi connectivity index (χ2v) is 19.9. The molecule has 2 nitrogen and oxygen atoms in total. The van der Waals surface area contributed by atoms with Crippen LogP contribution in [0.1, 0.15) is 0 Å². The molecule has 0 aliphatic carbocycles. The van der Waals surface area contributed by atoms with Crippen LogP contribution in [0, 0.1) is 0 Å². The summed E-state index contributed by atoms with van der Waals surface area (Å²) in [6.07, 6.45) is 0. The molecule has 0 amide bonds. The number of benzene rings is 13. The predicted molar refractivity (Wildman–Crippen MR) is 321 cm³/mol. The standard InChI is InChI=1S/C74H47NO/c1-4-20-48(21-5-1)56-26-10-12-28-58(56)52-39-43-71-67(45-52)68-47-54(59-29-13-11-27-57(59)49-22-6-2-7-23-49)46-65(74(68)76-71)53-38-42-70-66(44-53)60-30-18-19-35-69(60)75(70)55-40-36-51(37-41-55)73-63-33-16-14-31-61(63)72(50-24-8-3-9-25-50)62-32-15-17-34-64(62)73/h1-47H. The van der Waals surface area contributed by atoms with E-state index in [4.69, 9.17) is 4.42 Å². The Morgan fingerprint density at radius 1 is 0.224 bits per heavy atom. The minimum atomic E-state index is 0.861. The van der Waals surface area contributed by atoms with Crippen LogP contribution < -0.4 is 0 Å². The van der Waals surface area contributed by atoms with E-state index in [9.17, 15) is 0 Å². The largest absolute Gasteiger partial charge is 0.455 e. The van der Waals surface area contributed by atoms with Crippen molar-refractivity contribution >= 4 is 65.3 Å². The molecule has 0 saturated carbocycles. The zero-order valence-corrected chi connectivity index (χ0v) is 41.5. The first kappa shape index (κ1) is 43.6. The van der Waals surface area contributed by atoms with Gasteiger partial charge in [0.2, 0.25) is 0 Å². The van der Waals surface area contributed by atoms with Gasteiger partial charge in [0.15, 0.2) is 0 Å². The number of hydrogen-bond acceptors (Lipinski definition) is 1. The third-order valence-corrected chi connectivity index (χ3v) is 15.6. The zero-order chi connectivity index (χ0) is 50.1. The number of aromatic nitrogens is 1. The molecular weight excluding hydrogens is 919 g/mol. The first-order valence-electron chi connectivity index (χ1n) is 26.2. The molecule has 2 heterocycles. The Balaban J connectivity index is 0.901. The van der Waals surface area contributed by atoms with Crippen molar-refractivity contribution in [2.75, 3.05) is 0 Å². The van der Waals surface area contributed by atoms with Crippen molar-refractivity contribution in [3.63, 3.8) is 0 Å². The Hall–Kier alpha value is -10.0. The maximum atomic E-state index is 7.05. The number of furan rings is 1. The molecule has 15 rings (SSSR count). The van der Waals surface area contributed by atoms with E-state index in [2.05, 4.69) is 290 Å². The normalized spacial score (nSPS) is 11.7. The van der Waals surface area contributed by atoms with Gasteiger partial charge in [-0.2, -0.15) is 0 Å². The molecule has 354 valence electrons. The molecule has 76 heavy (non-hydrogen) atoms. The molecule has 0 aliphatic heterocycles. The quantitative estimate of drug-likeness (QED) is 0.139. The van der Waals surface area contributed by atoms with Gasteiger partial charge in [-0.25, -0.2) is 0 Å². The molecule has 0 saturated heterocycles. The summed E-state index contributed by atoms with van der Waals surface area (Å²) in [6, 6.07) is 104. The highest BCUT2D eigenvalue weighted by Crippen LogP contribution is 2.47. The van der Waals surface area contributed by atoms with Crippen molar-refractivity contribution in [3.05, 3.63) is 285 Å². The highest BCUT2D eigenvalue weighted by Gasteiger charge is 2.22. The zero-order valence-electron chi connectivity index (χ0n) is 41.5. The average Bonchev–Trinajstić information content (AvgIpc) is 4.11. The van der Waals surface area contributed by atoms with Crippen LogP contribution in [-0.2, 0) is 0 Å². The van der Waals surface area contributed by atoms with Crippen LogP contribution in [0.5, 0.6) is 0 Å². The van der Waals surface area contributed by atoms with E-state index in [0.717, 1.165) is 60.9 Å². The van der Waals surface area contributed by atoms with Crippen molar-refractivity contribution < 1.29 is 4.42 Å². The maximum Gasteiger partial charge on any atom is 0.143 e. The van der Waals surface area contributed by atoms with Crippen molar-refractivity contribution in [2.24, 2.45) is 0 Å². The number of nitrogens with zero attached hydrogens (tertiary/aromatic N) is 1. The molecule has 0 atom stereocenters. The molecule has 2 heteroatoms. The van der Waals surface area contributed by atoms with Gasteiger partial charge in [-0.15, -0.1) is 0 Å². The number of para-hydroxylation sites is 1. The fourth-order valence-corrected chi connectivity index (χ4v) is 12.2. The van der Waals surface area contributed by atoms with E-state index in [1.807, 2.05) is 0 Å². The molecule has 0 bridgehead atoms. The highest BCUT2D eigenvalue weighted by molar-refractivity contribution is 6.22. The summed E-state index contributed by atoms with van der Waals surface area (Å²) in [4.78, 5) is 0. The Labute approximate surface area is 440 Å². The van der Waals surface area contributed by atoms with E-state index in [0.29, 0.717) is 0 Å². The van der Waals surface area contributed by atoms with E-state index < -0.39 is 0 Å². The molecule has 0 aliphatic rings.